The molecule has 2 aliphatic rings. The van der Waals surface area contributed by atoms with Gasteiger partial charge in [-0.3, -0.25) is 14.6 Å². The van der Waals surface area contributed by atoms with E-state index in [0.29, 0.717) is 6.04 Å². The summed E-state index contributed by atoms with van der Waals surface area (Å²) >= 11 is 0. The topological polar surface area (TPSA) is 52.4 Å². The van der Waals surface area contributed by atoms with Crippen molar-refractivity contribution in [2.45, 2.75) is 50.6 Å². The number of fused-ring (bicyclic) bond motifs is 1. The quantitative estimate of drug-likeness (QED) is 0.722. The molecule has 3 atom stereocenters. The van der Waals surface area contributed by atoms with Crippen molar-refractivity contribution >= 4 is 0 Å². The van der Waals surface area contributed by atoms with Crippen LogP contribution in [0.3, 0.4) is 0 Å². The Labute approximate surface area is 148 Å². The van der Waals surface area contributed by atoms with Gasteiger partial charge < -0.3 is 9.47 Å². The molecule has 2 fully saturated rings. The Hall–Kier alpha value is -1.76. The zero-order valence-electron chi connectivity index (χ0n) is 14.5. The third kappa shape index (κ3) is 4.08. The Bertz CT molecular complexity index is 634. The largest absolute Gasteiger partial charge is 0.374 e. The zero-order chi connectivity index (χ0) is 16.9. The van der Waals surface area contributed by atoms with Gasteiger partial charge in [0, 0.05) is 57.5 Å². The summed E-state index contributed by atoms with van der Waals surface area (Å²) in [5.74, 6) is 0. The summed E-state index contributed by atoms with van der Waals surface area (Å²) in [6.45, 7) is 4.29. The summed E-state index contributed by atoms with van der Waals surface area (Å²) in [7, 11) is 0. The van der Waals surface area contributed by atoms with Gasteiger partial charge in [0.2, 0.25) is 0 Å². The molecule has 134 valence electrons. The normalized spacial score (nSPS) is 26.6. The number of ether oxygens (including phenoxy) is 2. The molecule has 25 heavy (non-hydrogen) atoms. The van der Waals surface area contributed by atoms with Crippen LogP contribution in [0.2, 0.25) is 0 Å². The van der Waals surface area contributed by atoms with E-state index in [0.717, 1.165) is 51.4 Å². The maximum atomic E-state index is 6.21. The lowest BCUT2D eigenvalue weighted by Crippen LogP contribution is -2.41. The molecule has 2 aliphatic heterocycles. The molecular formula is C19H26N4O2. The van der Waals surface area contributed by atoms with Crippen molar-refractivity contribution in [1.82, 2.24) is 19.7 Å². The SMILES string of the molecule is c1ccc(CN2C[C@@H](OCCCn3cccn3)[C@H]3OCCC[C@H]32)nc1. The van der Waals surface area contributed by atoms with Gasteiger partial charge in [0.25, 0.3) is 0 Å². The van der Waals surface area contributed by atoms with Gasteiger partial charge >= 0.3 is 0 Å². The maximum absolute atomic E-state index is 6.21. The molecule has 0 radical (unpaired) electrons. The van der Waals surface area contributed by atoms with E-state index in [2.05, 4.69) is 27.1 Å². The molecule has 0 saturated carbocycles. The van der Waals surface area contributed by atoms with E-state index in [1.165, 1.54) is 6.42 Å². The molecule has 0 unspecified atom stereocenters. The fourth-order valence-electron chi connectivity index (χ4n) is 3.93. The van der Waals surface area contributed by atoms with Crippen LogP contribution in [-0.2, 0) is 22.6 Å². The second-order valence-electron chi connectivity index (χ2n) is 6.83. The molecule has 2 aromatic heterocycles. The van der Waals surface area contributed by atoms with Crippen molar-refractivity contribution in [1.29, 1.82) is 0 Å². The molecule has 4 rings (SSSR count). The van der Waals surface area contributed by atoms with Gasteiger partial charge in [0.05, 0.1) is 11.8 Å². The number of likely N-dealkylation sites (tertiary alicyclic amines) is 1. The van der Waals surface area contributed by atoms with Crippen LogP contribution in [0.5, 0.6) is 0 Å². The zero-order valence-corrected chi connectivity index (χ0v) is 14.5. The Morgan fingerprint density at radius 3 is 3.08 bits per heavy atom. The molecule has 0 N–H and O–H groups in total. The van der Waals surface area contributed by atoms with E-state index >= 15 is 0 Å². The van der Waals surface area contributed by atoms with Crippen molar-refractivity contribution in [2.24, 2.45) is 0 Å². The summed E-state index contributed by atoms with van der Waals surface area (Å²) in [5.41, 5.74) is 1.12. The van der Waals surface area contributed by atoms with Crippen LogP contribution in [0.25, 0.3) is 0 Å². The number of hydrogen-bond acceptors (Lipinski definition) is 5. The summed E-state index contributed by atoms with van der Waals surface area (Å²) in [6, 6.07) is 8.51. The average Bonchev–Trinajstić information content (AvgIpc) is 3.29. The minimum Gasteiger partial charge on any atom is -0.374 e. The van der Waals surface area contributed by atoms with Crippen molar-refractivity contribution in [3.8, 4) is 0 Å². The lowest BCUT2D eigenvalue weighted by atomic mass is 10.0. The average molecular weight is 342 g/mol. The number of aryl methyl sites for hydroxylation is 1. The van der Waals surface area contributed by atoms with Crippen molar-refractivity contribution in [2.75, 3.05) is 19.8 Å². The maximum Gasteiger partial charge on any atom is 0.100 e. The Kier molecular flexibility index (Phi) is 5.40. The van der Waals surface area contributed by atoms with Crippen LogP contribution < -0.4 is 0 Å². The van der Waals surface area contributed by atoms with Crippen molar-refractivity contribution < 1.29 is 9.47 Å². The first kappa shape index (κ1) is 16.7. The molecule has 4 heterocycles. The van der Waals surface area contributed by atoms with Gasteiger partial charge in [-0.15, -0.1) is 0 Å². The molecule has 6 nitrogen and oxygen atoms in total. The molecule has 0 spiro atoms. The number of pyridine rings is 1. The molecular weight excluding hydrogens is 316 g/mol. The summed E-state index contributed by atoms with van der Waals surface area (Å²) in [6.07, 6.45) is 9.31. The molecule has 6 heteroatoms. The molecule has 2 saturated heterocycles. The predicted molar refractivity (Wildman–Crippen MR) is 94.0 cm³/mol. The van der Waals surface area contributed by atoms with Gasteiger partial charge in [0.15, 0.2) is 0 Å². The van der Waals surface area contributed by atoms with Crippen LogP contribution in [0, 0.1) is 0 Å². The summed E-state index contributed by atoms with van der Waals surface area (Å²) in [5, 5.41) is 4.23. The summed E-state index contributed by atoms with van der Waals surface area (Å²) < 4.78 is 14.2. The molecule has 2 aromatic rings. The minimum absolute atomic E-state index is 0.159. The lowest BCUT2D eigenvalue weighted by molar-refractivity contribution is -0.0780. The lowest BCUT2D eigenvalue weighted by Gasteiger charge is -2.32. The van der Waals surface area contributed by atoms with Crippen LogP contribution in [0.4, 0.5) is 0 Å². The van der Waals surface area contributed by atoms with E-state index in [4.69, 9.17) is 9.47 Å². The highest BCUT2D eigenvalue weighted by molar-refractivity contribution is 5.06. The monoisotopic (exact) mass is 342 g/mol. The first-order valence-corrected chi connectivity index (χ1v) is 9.25. The van der Waals surface area contributed by atoms with Gasteiger partial charge in [-0.25, -0.2) is 0 Å². The fourth-order valence-corrected chi connectivity index (χ4v) is 3.93. The van der Waals surface area contributed by atoms with Crippen LogP contribution >= 0.6 is 0 Å². The van der Waals surface area contributed by atoms with Crippen molar-refractivity contribution in [3.63, 3.8) is 0 Å². The second kappa shape index (κ2) is 8.08. The van der Waals surface area contributed by atoms with Crippen molar-refractivity contribution in [3.05, 3.63) is 48.5 Å². The van der Waals surface area contributed by atoms with Crippen LogP contribution in [0.1, 0.15) is 25.0 Å². The predicted octanol–water partition coefficient (Wildman–Crippen LogP) is 2.12. The molecule has 0 aliphatic carbocycles. The number of rotatable bonds is 7. The highest BCUT2D eigenvalue weighted by Crippen LogP contribution is 2.31. The highest BCUT2D eigenvalue weighted by Gasteiger charge is 2.44. The molecule has 0 amide bonds. The first-order valence-electron chi connectivity index (χ1n) is 9.25. The van der Waals surface area contributed by atoms with Gasteiger partial charge in [-0.05, 0) is 37.5 Å². The van der Waals surface area contributed by atoms with Gasteiger partial charge in [0.1, 0.15) is 6.10 Å². The number of hydrogen-bond donors (Lipinski definition) is 0. The third-order valence-corrected chi connectivity index (χ3v) is 5.10. The van der Waals surface area contributed by atoms with E-state index in [-0.39, 0.29) is 12.2 Å². The Morgan fingerprint density at radius 1 is 1.24 bits per heavy atom. The fraction of sp³-hybridized carbons (Fsp3) is 0.579. The molecule has 0 bridgehead atoms. The number of nitrogens with zero attached hydrogens (tertiary/aromatic N) is 4. The summed E-state index contributed by atoms with van der Waals surface area (Å²) in [4.78, 5) is 6.97. The Balaban J connectivity index is 1.32. The molecule has 0 aromatic carbocycles. The van der Waals surface area contributed by atoms with Crippen LogP contribution in [0.15, 0.2) is 42.9 Å². The minimum atomic E-state index is 0.159. The number of aromatic nitrogens is 3. The van der Waals surface area contributed by atoms with Gasteiger partial charge in [-0.1, -0.05) is 6.07 Å². The van der Waals surface area contributed by atoms with E-state index in [1.807, 2.05) is 35.4 Å². The van der Waals surface area contributed by atoms with E-state index in [9.17, 15) is 0 Å². The highest BCUT2D eigenvalue weighted by atomic mass is 16.5. The van der Waals surface area contributed by atoms with E-state index < -0.39 is 0 Å². The van der Waals surface area contributed by atoms with Crippen LogP contribution in [-0.4, -0.2) is 57.7 Å². The second-order valence-corrected chi connectivity index (χ2v) is 6.83. The van der Waals surface area contributed by atoms with E-state index in [1.54, 1.807) is 0 Å². The smallest absolute Gasteiger partial charge is 0.100 e. The third-order valence-electron chi connectivity index (χ3n) is 5.10. The Morgan fingerprint density at radius 2 is 2.24 bits per heavy atom. The van der Waals surface area contributed by atoms with Gasteiger partial charge in [-0.2, -0.15) is 5.10 Å². The first-order chi connectivity index (χ1) is 12.4. The standard InChI is InChI=1S/C19H26N4O2/c1-2-8-20-16(6-1)14-22-15-18(19-17(22)7-3-12-25-19)24-13-5-11-23-10-4-9-21-23/h1-2,4,6,8-10,17-19H,3,5,7,11-15H2/t17-,18-,19+/m1/s1.